The molecule has 0 saturated heterocycles. The number of benzene rings is 1. The molecule has 254 valence electrons. The van der Waals surface area contributed by atoms with Crippen LogP contribution in [0.4, 0.5) is 0 Å². The number of aromatic nitrogens is 2. The fraction of sp³-hybridized carbons (Fsp3) is 0.667. The van der Waals surface area contributed by atoms with Crippen molar-refractivity contribution >= 4 is 26.9 Å². The van der Waals surface area contributed by atoms with Gasteiger partial charge in [0, 0.05) is 38.2 Å². The monoisotopic (exact) mass is 732 g/mol. The Balaban J connectivity index is 0.000000635. The molecule has 0 radical (unpaired) electrons. The van der Waals surface area contributed by atoms with E-state index in [-0.39, 0.29) is 36.3 Å². The Morgan fingerprint density at radius 1 is 0.523 bits per heavy atom. The molecular formula is C39H68N2P2Pd. The molecule has 2 heterocycles. The van der Waals surface area contributed by atoms with Crippen LogP contribution in [-0.2, 0) is 20.4 Å². The van der Waals surface area contributed by atoms with Crippen molar-refractivity contribution in [2.24, 2.45) is 0 Å². The van der Waals surface area contributed by atoms with Gasteiger partial charge in [-0.3, -0.25) is 0 Å². The second kappa shape index (κ2) is 15.6. The Kier molecular flexibility index (Phi) is 15.4. The van der Waals surface area contributed by atoms with Gasteiger partial charge in [-0.15, -0.1) is 0 Å². The maximum atomic E-state index is 4.32. The number of nitrogens with one attached hydrogen (secondary N) is 1. The molecule has 0 aliphatic carbocycles. The van der Waals surface area contributed by atoms with E-state index < -0.39 is 0 Å². The van der Waals surface area contributed by atoms with Crippen LogP contribution in [0, 0.1) is 13.8 Å². The number of hydrogen-bond donors (Lipinski definition) is 1. The topological polar surface area (TPSA) is 28.7 Å². The Labute approximate surface area is 290 Å². The normalized spacial score (nSPS) is 13.2. The maximum absolute atomic E-state index is 4.32. The molecule has 3 rings (SSSR count). The van der Waals surface area contributed by atoms with Gasteiger partial charge >= 0.3 is 0 Å². The molecular weight excluding hydrogens is 665 g/mol. The number of H-pyrrole nitrogens is 1. The summed E-state index contributed by atoms with van der Waals surface area (Å²) >= 11 is 0. The van der Waals surface area contributed by atoms with Gasteiger partial charge in [-0.1, -0.05) is 164 Å². The number of nitrogens with zero attached hydrogens (tertiary/aromatic N) is 1. The van der Waals surface area contributed by atoms with E-state index in [1.165, 1.54) is 27.6 Å². The summed E-state index contributed by atoms with van der Waals surface area (Å²) in [6.45, 7) is 47.2. The quantitative estimate of drug-likeness (QED) is 0.196. The van der Waals surface area contributed by atoms with Gasteiger partial charge in [0.15, 0.2) is 0 Å². The number of hydrogen-bond acceptors (Lipinski definition) is 1. The summed E-state index contributed by atoms with van der Waals surface area (Å²) in [4.78, 5) is 7.47. The summed E-state index contributed by atoms with van der Waals surface area (Å²) < 4.78 is 0. The summed E-state index contributed by atoms with van der Waals surface area (Å²) in [6.07, 6.45) is 3.79. The second-order valence-corrected chi connectivity index (χ2v) is 27.5. The molecule has 44 heavy (non-hydrogen) atoms. The average Bonchev–Trinajstić information content (AvgIpc) is 3.16. The van der Waals surface area contributed by atoms with Gasteiger partial charge in [-0.05, 0) is 73.6 Å². The molecule has 0 aliphatic heterocycles. The van der Waals surface area contributed by atoms with Gasteiger partial charge in [0.2, 0.25) is 0 Å². The van der Waals surface area contributed by atoms with Crippen LogP contribution in [0.25, 0.3) is 22.2 Å². The summed E-state index contributed by atoms with van der Waals surface area (Å²) in [7, 11) is 0.0324. The van der Waals surface area contributed by atoms with E-state index in [4.69, 9.17) is 0 Å². The third-order valence-electron chi connectivity index (χ3n) is 7.16. The minimum atomic E-state index is 0. The van der Waals surface area contributed by atoms with E-state index in [1.807, 2.05) is 12.4 Å². The zero-order valence-electron chi connectivity index (χ0n) is 32.2. The number of aromatic amines is 1. The standard InChI is InChI=1S/C15H14N2.2C12H27P.Pd/c1-10-3-4-12(11(2)9-10)13-5-7-16-15-14(13)6-8-17-15;2*1-10(2,3)13(11(4,5)6)12(7,8)9;/h3-9H,1-2H3,(H,16,17);2*1-9H3;. The van der Waals surface area contributed by atoms with Gasteiger partial charge in [-0.25, -0.2) is 4.98 Å². The molecule has 0 fully saturated rings. The van der Waals surface area contributed by atoms with Crippen molar-refractivity contribution in [2.45, 2.75) is 169 Å². The first-order valence-electron chi connectivity index (χ1n) is 16.1. The Morgan fingerprint density at radius 2 is 0.909 bits per heavy atom. The number of pyridine rings is 1. The molecule has 0 saturated carbocycles. The molecule has 0 unspecified atom stereocenters. The Hall–Kier alpha value is -0.568. The van der Waals surface area contributed by atoms with Crippen LogP contribution in [0.15, 0.2) is 42.7 Å². The molecule has 5 heteroatoms. The molecule has 0 bridgehead atoms. The minimum absolute atomic E-state index is 0. The summed E-state index contributed by atoms with van der Waals surface area (Å²) in [5, 5.41) is 3.88. The van der Waals surface area contributed by atoms with Gasteiger partial charge in [0.25, 0.3) is 0 Å². The number of fused-ring (bicyclic) bond motifs is 1. The van der Waals surface area contributed by atoms with Gasteiger partial charge in [-0.2, -0.15) is 0 Å². The van der Waals surface area contributed by atoms with Crippen molar-refractivity contribution in [1.29, 1.82) is 0 Å². The van der Waals surface area contributed by atoms with Gasteiger partial charge in [0.05, 0.1) is 0 Å². The van der Waals surface area contributed by atoms with Crippen molar-refractivity contribution in [3.63, 3.8) is 0 Å². The van der Waals surface area contributed by atoms with E-state index in [1.54, 1.807) is 0 Å². The van der Waals surface area contributed by atoms with Crippen molar-refractivity contribution in [3.8, 4) is 11.1 Å². The predicted molar refractivity (Wildman–Crippen MR) is 203 cm³/mol. The van der Waals surface area contributed by atoms with Crippen LogP contribution in [-0.4, -0.2) is 40.9 Å². The van der Waals surface area contributed by atoms with Gasteiger partial charge in [0.1, 0.15) is 5.65 Å². The van der Waals surface area contributed by atoms with E-state index in [0.717, 1.165) is 5.65 Å². The molecule has 2 aromatic heterocycles. The predicted octanol–water partition coefficient (Wildman–Crippen LogP) is 13.6. The van der Waals surface area contributed by atoms with Crippen LogP contribution in [0.5, 0.6) is 0 Å². The first-order valence-corrected chi connectivity index (χ1v) is 18.8. The smallest absolute Gasteiger partial charge is 0.137 e. The first-order chi connectivity index (χ1) is 19.0. The Bertz CT molecular complexity index is 1190. The largest absolute Gasteiger partial charge is 0.346 e. The molecule has 3 aromatic rings. The van der Waals surface area contributed by atoms with Crippen molar-refractivity contribution < 1.29 is 20.4 Å². The van der Waals surface area contributed by atoms with E-state index in [2.05, 4.69) is 179 Å². The summed E-state index contributed by atoms with van der Waals surface area (Å²) in [6, 6.07) is 10.7. The van der Waals surface area contributed by atoms with Crippen LogP contribution in [0.2, 0.25) is 0 Å². The molecule has 1 aromatic carbocycles. The molecule has 0 spiro atoms. The zero-order chi connectivity index (χ0) is 34.0. The minimum Gasteiger partial charge on any atom is -0.346 e. The number of aryl methyl sites for hydroxylation is 2. The van der Waals surface area contributed by atoms with E-state index in [0.29, 0.717) is 30.9 Å². The third-order valence-corrected chi connectivity index (χ3v) is 15.2. The zero-order valence-corrected chi connectivity index (χ0v) is 35.5. The van der Waals surface area contributed by atoms with Crippen molar-refractivity contribution in [3.05, 3.63) is 53.9 Å². The molecule has 0 atom stereocenters. The third kappa shape index (κ3) is 12.9. The molecule has 0 aliphatic rings. The maximum Gasteiger partial charge on any atom is 0.137 e. The Morgan fingerprint density at radius 3 is 1.23 bits per heavy atom. The summed E-state index contributed by atoms with van der Waals surface area (Å²) in [5.74, 6) is 0. The van der Waals surface area contributed by atoms with E-state index in [9.17, 15) is 0 Å². The van der Waals surface area contributed by atoms with Gasteiger partial charge < -0.3 is 4.98 Å². The SMILES string of the molecule is CC(C)(C)P(C(C)(C)C)C(C)(C)C.CC(C)(C)P(C(C)(C)C)C(C)(C)C.Cc1ccc(-c2ccnc3[nH]ccc23)c(C)c1.[Pd]. The fourth-order valence-corrected chi connectivity index (χ4v) is 20.4. The van der Waals surface area contributed by atoms with Crippen LogP contribution in [0.1, 0.15) is 136 Å². The first kappa shape index (κ1) is 43.4. The van der Waals surface area contributed by atoms with Crippen LogP contribution >= 0.6 is 15.8 Å². The van der Waals surface area contributed by atoms with Crippen molar-refractivity contribution in [2.75, 3.05) is 0 Å². The summed E-state index contributed by atoms with van der Waals surface area (Å²) in [5.41, 5.74) is 6.07. The average molecular weight is 733 g/mol. The van der Waals surface area contributed by atoms with Crippen molar-refractivity contribution in [1.82, 2.24) is 9.97 Å². The van der Waals surface area contributed by atoms with Crippen LogP contribution < -0.4 is 0 Å². The van der Waals surface area contributed by atoms with E-state index >= 15 is 0 Å². The molecule has 1 N–H and O–H groups in total. The molecule has 0 amide bonds. The fourth-order valence-electron chi connectivity index (χ4n) is 8.35. The number of rotatable bonds is 1. The van der Waals surface area contributed by atoms with Crippen LogP contribution in [0.3, 0.4) is 0 Å². The molecule has 2 nitrogen and oxygen atoms in total. The second-order valence-electron chi connectivity index (χ2n) is 18.1.